The fraction of sp³-hybridized carbons (Fsp3) is 0.125. The lowest BCUT2D eigenvalue weighted by atomic mass is 10.2. The van der Waals surface area contributed by atoms with Crippen molar-refractivity contribution in [3.63, 3.8) is 0 Å². The van der Waals surface area contributed by atoms with Crippen molar-refractivity contribution < 1.29 is 28.6 Å². The van der Waals surface area contributed by atoms with Gasteiger partial charge in [-0.2, -0.15) is 0 Å². The predicted molar refractivity (Wildman–Crippen MR) is 84.8 cm³/mol. The van der Waals surface area contributed by atoms with Crippen molar-refractivity contribution in [2.24, 2.45) is 0 Å². The van der Waals surface area contributed by atoms with Crippen LogP contribution in [0.1, 0.15) is 6.92 Å². The Morgan fingerprint density at radius 1 is 1.21 bits per heavy atom. The summed E-state index contributed by atoms with van der Waals surface area (Å²) in [6.45, 7) is 0.696. The van der Waals surface area contributed by atoms with Crippen LogP contribution in [0.15, 0.2) is 36.4 Å². The first-order chi connectivity index (χ1) is 11.4. The monoisotopic (exact) mass is 334 g/mol. The van der Waals surface area contributed by atoms with Crippen molar-refractivity contribution in [1.29, 1.82) is 0 Å². The van der Waals surface area contributed by atoms with Gasteiger partial charge in [0, 0.05) is 19.1 Å². The minimum Gasteiger partial charge on any atom is -0.479 e. The minimum atomic E-state index is -1.14. The van der Waals surface area contributed by atoms with Crippen molar-refractivity contribution in [3.05, 3.63) is 42.2 Å². The summed E-state index contributed by atoms with van der Waals surface area (Å²) in [5.41, 5.74) is 5.65. The number of aliphatic carboxylic acids is 1. The molecule has 0 aliphatic rings. The Balaban J connectivity index is 2.31. The highest BCUT2D eigenvalue weighted by atomic mass is 19.1. The van der Waals surface area contributed by atoms with Crippen LogP contribution in [0.2, 0.25) is 0 Å². The van der Waals surface area contributed by atoms with Crippen LogP contribution in [-0.2, 0) is 9.59 Å². The lowest BCUT2D eigenvalue weighted by Gasteiger charge is -2.14. The highest BCUT2D eigenvalue weighted by molar-refractivity contribution is 5.89. The van der Waals surface area contributed by atoms with Gasteiger partial charge in [0.2, 0.25) is 5.91 Å². The van der Waals surface area contributed by atoms with Gasteiger partial charge in [-0.25, -0.2) is 9.18 Å². The summed E-state index contributed by atoms with van der Waals surface area (Å²) in [5.74, 6) is -1.82. The smallest absolute Gasteiger partial charge is 0.341 e. The van der Waals surface area contributed by atoms with Crippen molar-refractivity contribution >= 4 is 23.3 Å². The van der Waals surface area contributed by atoms with Crippen molar-refractivity contribution in [3.8, 4) is 17.2 Å². The average Bonchev–Trinajstić information content (AvgIpc) is 2.50. The van der Waals surface area contributed by atoms with E-state index in [4.69, 9.17) is 20.3 Å². The molecule has 126 valence electrons. The number of nitrogens with two attached hydrogens (primary N) is 1. The Morgan fingerprint density at radius 2 is 1.88 bits per heavy atom. The van der Waals surface area contributed by atoms with E-state index in [1.165, 1.54) is 25.1 Å². The fourth-order valence-corrected chi connectivity index (χ4v) is 1.85. The molecular formula is C16H15FN2O5. The van der Waals surface area contributed by atoms with Crippen molar-refractivity contribution in [1.82, 2.24) is 0 Å². The van der Waals surface area contributed by atoms with Gasteiger partial charge < -0.3 is 25.6 Å². The van der Waals surface area contributed by atoms with Crippen molar-refractivity contribution in [2.75, 3.05) is 17.7 Å². The standard InChI is InChI=1S/C16H15FN2O5/c1-9(20)19-12-7-15(11(18)6-10(12)17)24-14-5-3-2-4-13(14)23-8-16(21)22/h2-7H,8,18H2,1H3,(H,19,20)(H,21,22). The third-order valence-electron chi connectivity index (χ3n) is 2.83. The number of amides is 1. The third kappa shape index (κ3) is 4.35. The molecule has 4 N–H and O–H groups in total. The van der Waals surface area contributed by atoms with Crippen LogP contribution in [-0.4, -0.2) is 23.6 Å². The summed E-state index contributed by atoms with van der Waals surface area (Å²) in [7, 11) is 0. The molecule has 0 heterocycles. The van der Waals surface area contributed by atoms with Gasteiger partial charge >= 0.3 is 5.97 Å². The number of carbonyl (C=O) groups is 2. The number of benzene rings is 2. The number of anilines is 2. The van der Waals surface area contributed by atoms with Gasteiger partial charge in [0.15, 0.2) is 23.9 Å². The molecular weight excluding hydrogens is 319 g/mol. The summed E-state index contributed by atoms with van der Waals surface area (Å²) in [4.78, 5) is 21.7. The highest BCUT2D eigenvalue weighted by Crippen LogP contribution is 2.36. The van der Waals surface area contributed by atoms with E-state index in [0.717, 1.165) is 6.07 Å². The van der Waals surface area contributed by atoms with Crippen molar-refractivity contribution in [2.45, 2.75) is 6.92 Å². The number of carbonyl (C=O) groups excluding carboxylic acids is 1. The molecule has 7 nitrogen and oxygen atoms in total. The maximum absolute atomic E-state index is 13.8. The van der Waals surface area contributed by atoms with Gasteiger partial charge in [0.25, 0.3) is 0 Å². The van der Waals surface area contributed by atoms with Crippen LogP contribution in [0.5, 0.6) is 17.2 Å². The number of carboxylic acids is 1. The lowest BCUT2D eigenvalue weighted by molar-refractivity contribution is -0.139. The molecule has 0 saturated heterocycles. The molecule has 0 aliphatic carbocycles. The topological polar surface area (TPSA) is 111 Å². The second kappa shape index (κ2) is 7.32. The number of hydrogen-bond acceptors (Lipinski definition) is 5. The van der Waals surface area contributed by atoms with Crippen LogP contribution in [0.4, 0.5) is 15.8 Å². The van der Waals surface area contributed by atoms with E-state index in [1.807, 2.05) is 0 Å². The van der Waals surface area contributed by atoms with Gasteiger partial charge in [-0.05, 0) is 12.1 Å². The van der Waals surface area contributed by atoms with E-state index in [2.05, 4.69) is 5.32 Å². The largest absolute Gasteiger partial charge is 0.479 e. The molecule has 0 unspecified atom stereocenters. The predicted octanol–water partition coefficient (Wildman–Crippen LogP) is 2.62. The Kier molecular flexibility index (Phi) is 5.20. The van der Waals surface area contributed by atoms with E-state index in [1.54, 1.807) is 12.1 Å². The maximum atomic E-state index is 13.8. The number of nitrogen functional groups attached to an aromatic ring is 1. The quantitative estimate of drug-likeness (QED) is 0.700. The zero-order valence-electron chi connectivity index (χ0n) is 12.7. The third-order valence-corrected chi connectivity index (χ3v) is 2.83. The number of hydrogen-bond donors (Lipinski definition) is 3. The summed E-state index contributed by atoms with van der Waals surface area (Å²) in [6, 6.07) is 8.60. The summed E-state index contributed by atoms with van der Waals surface area (Å²) in [5, 5.41) is 11.0. The molecule has 0 atom stereocenters. The molecule has 2 aromatic carbocycles. The molecule has 2 aromatic rings. The van der Waals surface area contributed by atoms with Gasteiger partial charge in [0.05, 0.1) is 11.4 Å². The van der Waals surface area contributed by atoms with E-state index in [9.17, 15) is 14.0 Å². The fourth-order valence-electron chi connectivity index (χ4n) is 1.85. The van der Waals surface area contributed by atoms with Gasteiger partial charge in [-0.1, -0.05) is 12.1 Å². The van der Waals surface area contributed by atoms with Crippen LogP contribution in [0.25, 0.3) is 0 Å². The van der Waals surface area contributed by atoms with Crippen LogP contribution >= 0.6 is 0 Å². The Morgan fingerprint density at radius 3 is 2.50 bits per heavy atom. The molecule has 0 bridgehead atoms. The normalized spacial score (nSPS) is 10.1. The van der Waals surface area contributed by atoms with Gasteiger partial charge in [0.1, 0.15) is 5.82 Å². The zero-order chi connectivity index (χ0) is 17.7. The molecule has 24 heavy (non-hydrogen) atoms. The van der Waals surface area contributed by atoms with Gasteiger partial charge in [-0.15, -0.1) is 0 Å². The summed E-state index contributed by atoms with van der Waals surface area (Å²) < 4.78 is 24.5. The molecule has 0 fully saturated rings. The average molecular weight is 334 g/mol. The molecule has 0 aromatic heterocycles. The number of para-hydroxylation sites is 2. The van der Waals surface area contributed by atoms with Gasteiger partial charge in [-0.3, -0.25) is 4.79 Å². The second-order valence-electron chi connectivity index (χ2n) is 4.78. The number of nitrogens with one attached hydrogen (secondary N) is 1. The second-order valence-corrected chi connectivity index (χ2v) is 4.78. The molecule has 8 heteroatoms. The molecule has 2 rings (SSSR count). The minimum absolute atomic E-state index is 0.00893. The van der Waals surface area contributed by atoms with E-state index in [0.29, 0.717) is 0 Å². The maximum Gasteiger partial charge on any atom is 0.341 e. The lowest BCUT2D eigenvalue weighted by Crippen LogP contribution is -2.10. The number of halogens is 1. The first-order valence-electron chi connectivity index (χ1n) is 6.85. The zero-order valence-corrected chi connectivity index (χ0v) is 12.7. The Hall–Kier alpha value is -3.29. The first kappa shape index (κ1) is 17.1. The summed E-state index contributed by atoms with van der Waals surface area (Å²) in [6.07, 6.45) is 0. The molecule has 0 radical (unpaired) electrons. The Bertz CT molecular complexity index is 779. The van der Waals surface area contributed by atoms with Crippen LogP contribution < -0.4 is 20.5 Å². The Labute approximate surface area is 136 Å². The summed E-state index contributed by atoms with van der Waals surface area (Å²) >= 11 is 0. The molecule has 1 amide bonds. The van der Waals surface area contributed by atoms with Crippen LogP contribution in [0.3, 0.4) is 0 Å². The number of ether oxygens (including phenoxy) is 2. The molecule has 0 saturated carbocycles. The number of carboxylic acid groups (broad SMARTS) is 1. The number of rotatable bonds is 6. The highest BCUT2D eigenvalue weighted by Gasteiger charge is 2.13. The SMILES string of the molecule is CC(=O)Nc1cc(Oc2ccccc2OCC(=O)O)c(N)cc1F. The molecule has 0 spiro atoms. The van der Waals surface area contributed by atoms with E-state index < -0.39 is 24.3 Å². The van der Waals surface area contributed by atoms with Crippen LogP contribution in [0, 0.1) is 5.82 Å². The van der Waals surface area contributed by atoms with E-state index >= 15 is 0 Å². The first-order valence-corrected chi connectivity index (χ1v) is 6.85. The molecule has 0 aliphatic heterocycles. The van der Waals surface area contributed by atoms with E-state index in [-0.39, 0.29) is 28.6 Å².